The van der Waals surface area contributed by atoms with Gasteiger partial charge in [-0.25, -0.2) is 19.7 Å². The van der Waals surface area contributed by atoms with E-state index in [4.69, 9.17) is 4.74 Å². The van der Waals surface area contributed by atoms with E-state index in [0.29, 0.717) is 11.7 Å². The topological polar surface area (TPSA) is 94.1 Å². The van der Waals surface area contributed by atoms with Crippen molar-refractivity contribution in [2.45, 2.75) is 52.0 Å². The summed E-state index contributed by atoms with van der Waals surface area (Å²) in [5.41, 5.74) is 2.54. The van der Waals surface area contributed by atoms with Gasteiger partial charge in [0.05, 0.1) is 12.4 Å². The van der Waals surface area contributed by atoms with Crippen molar-refractivity contribution in [1.29, 1.82) is 0 Å². The van der Waals surface area contributed by atoms with Crippen LogP contribution >= 0.6 is 23.1 Å². The van der Waals surface area contributed by atoms with Crippen molar-refractivity contribution in [2.24, 2.45) is 5.92 Å². The lowest BCUT2D eigenvalue weighted by Crippen LogP contribution is -2.15. The molecule has 0 bridgehead atoms. The number of ether oxygens (including phenoxy) is 1. The lowest BCUT2D eigenvalue weighted by Gasteiger charge is -2.07. The molecular weight excluding hydrogens is 396 g/mol. The average molecular weight is 421 g/mol. The average Bonchev–Trinajstić information content (AvgIpc) is 3.23. The highest BCUT2D eigenvalue weighted by molar-refractivity contribution is 8.00. The summed E-state index contributed by atoms with van der Waals surface area (Å²) in [7, 11) is 0. The first kappa shape index (κ1) is 20.7. The molecule has 1 N–H and O–H groups in total. The lowest BCUT2D eigenvalue weighted by molar-refractivity contribution is -0.113. The van der Waals surface area contributed by atoms with Crippen LogP contribution in [0.4, 0.5) is 5.13 Å². The first-order chi connectivity index (χ1) is 13.3. The van der Waals surface area contributed by atoms with Crippen molar-refractivity contribution in [3.05, 3.63) is 27.7 Å². The van der Waals surface area contributed by atoms with E-state index in [2.05, 4.69) is 20.3 Å². The molecule has 1 aliphatic rings. The highest BCUT2D eigenvalue weighted by Gasteiger charge is 2.21. The Bertz CT molecular complexity index is 896. The minimum atomic E-state index is -0.454. The maximum absolute atomic E-state index is 12.4. The number of anilines is 1. The summed E-state index contributed by atoms with van der Waals surface area (Å²) in [6.07, 6.45) is 3.03. The number of nitrogens with one attached hydrogen (secondary N) is 1. The Morgan fingerprint density at radius 3 is 2.75 bits per heavy atom. The number of hydrogen-bond acceptors (Lipinski definition) is 8. The van der Waals surface area contributed by atoms with Crippen molar-refractivity contribution >= 4 is 40.1 Å². The van der Waals surface area contributed by atoms with Crippen molar-refractivity contribution in [2.75, 3.05) is 17.7 Å². The Morgan fingerprint density at radius 1 is 1.21 bits per heavy atom. The molecule has 28 heavy (non-hydrogen) atoms. The second-order valence-corrected chi connectivity index (χ2v) is 9.27. The zero-order chi connectivity index (χ0) is 20.3. The van der Waals surface area contributed by atoms with E-state index < -0.39 is 5.97 Å². The zero-order valence-corrected chi connectivity index (χ0v) is 18.1. The van der Waals surface area contributed by atoms with Crippen LogP contribution in [-0.2, 0) is 22.4 Å². The normalized spacial score (nSPS) is 12.9. The second kappa shape index (κ2) is 9.00. The first-order valence-corrected chi connectivity index (χ1v) is 11.1. The maximum atomic E-state index is 12.4. The second-order valence-electron chi connectivity index (χ2n) is 7.11. The summed E-state index contributed by atoms with van der Waals surface area (Å²) in [5.74, 6) is 0.595. The van der Waals surface area contributed by atoms with E-state index in [-0.39, 0.29) is 23.3 Å². The van der Waals surface area contributed by atoms with E-state index in [0.717, 1.165) is 40.7 Å². The number of thioether (sulfide) groups is 1. The predicted octanol–water partition coefficient (Wildman–Crippen LogP) is 3.58. The number of aromatic nitrogens is 3. The van der Waals surface area contributed by atoms with Gasteiger partial charge in [-0.2, -0.15) is 0 Å². The molecular formula is C19H24N4O3S2. The number of nitrogens with zero attached hydrogens (tertiary/aromatic N) is 3. The third-order valence-electron chi connectivity index (χ3n) is 4.13. The summed E-state index contributed by atoms with van der Waals surface area (Å²) in [4.78, 5) is 38.4. The number of amides is 1. The highest BCUT2D eigenvalue weighted by Crippen LogP contribution is 2.30. The van der Waals surface area contributed by atoms with Gasteiger partial charge in [0, 0.05) is 16.1 Å². The Kier molecular flexibility index (Phi) is 6.66. The third kappa shape index (κ3) is 5.08. The van der Waals surface area contributed by atoms with Crippen molar-refractivity contribution in [3.63, 3.8) is 0 Å². The molecule has 0 spiro atoms. The summed E-state index contributed by atoms with van der Waals surface area (Å²) in [5, 5.41) is 4.07. The van der Waals surface area contributed by atoms with Crippen LogP contribution in [0.1, 0.15) is 52.7 Å². The molecule has 150 valence electrons. The van der Waals surface area contributed by atoms with Crippen molar-refractivity contribution in [3.8, 4) is 0 Å². The molecule has 0 fully saturated rings. The van der Waals surface area contributed by atoms with E-state index in [1.165, 1.54) is 28.7 Å². The molecule has 2 heterocycles. The Morgan fingerprint density at radius 2 is 2.00 bits per heavy atom. The van der Waals surface area contributed by atoms with Crippen molar-refractivity contribution in [1.82, 2.24) is 15.0 Å². The summed E-state index contributed by atoms with van der Waals surface area (Å²) < 4.78 is 5.22. The number of thiazole rings is 1. The molecule has 0 aromatic carbocycles. The zero-order valence-electron chi connectivity index (χ0n) is 16.5. The molecule has 1 aliphatic carbocycles. The Hall–Kier alpha value is -2.00. The SMILES string of the molecule is Cc1nc2c(c(SCC(=O)Nc3nc(C(=O)OCC(C)C)c(C)s3)n1)CCC2. The van der Waals surface area contributed by atoms with E-state index in [1.54, 1.807) is 6.92 Å². The van der Waals surface area contributed by atoms with Crippen LogP contribution in [0.3, 0.4) is 0 Å². The van der Waals surface area contributed by atoms with Gasteiger partial charge in [0.25, 0.3) is 0 Å². The number of fused-ring (bicyclic) bond motifs is 1. The minimum absolute atomic E-state index is 0.177. The Balaban J connectivity index is 1.59. The molecule has 1 amide bonds. The summed E-state index contributed by atoms with van der Waals surface area (Å²) in [6.45, 7) is 7.96. The van der Waals surface area contributed by atoms with Gasteiger partial charge in [0.2, 0.25) is 5.91 Å². The van der Waals surface area contributed by atoms with Crippen LogP contribution in [-0.4, -0.2) is 39.2 Å². The van der Waals surface area contributed by atoms with Crippen LogP contribution in [0, 0.1) is 19.8 Å². The predicted molar refractivity (Wildman–Crippen MR) is 110 cm³/mol. The molecule has 7 nitrogen and oxygen atoms in total. The van der Waals surface area contributed by atoms with Gasteiger partial charge < -0.3 is 10.1 Å². The quantitative estimate of drug-likeness (QED) is 0.416. The van der Waals surface area contributed by atoms with Gasteiger partial charge in [0.1, 0.15) is 10.9 Å². The number of carbonyl (C=O) groups excluding carboxylic acids is 2. The fraction of sp³-hybridized carbons (Fsp3) is 0.526. The summed E-state index contributed by atoms with van der Waals surface area (Å²) in [6, 6.07) is 0. The number of rotatable bonds is 7. The lowest BCUT2D eigenvalue weighted by atomic mass is 10.2. The van der Waals surface area contributed by atoms with Crippen LogP contribution in [0.2, 0.25) is 0 Å². The molecule has 0 unspecified atom stereocenters. The van der Waals surface area contributed by atoms with Gasteiger partial charge in [-0.15, -0.1) is 11.3 Å². The smallest absolute Gasteiger partial charge is 0.358 e. The third-order valence-corrected chi connectivity index (χ3v) is 6.03. The standard InChI is InChI=1S/C19H24N4O3S2/c1-10(2)8-26-18(25)16-11(3)28-19(23-16)22-15(24)9-27-17-13-6-5-7-14(13)20-12(4)21-17/h10H,5-9H2,1-4H3,(H,22,23,24). The highest BCUT2D eigenvalue weighted by atomic mass is 32.2. The molecule has 9 heteroatoms. The monoisotopic (exact) mass is 420 g/mol. The van der Waals surface area contributed by atoms with Crippen LogP contribution in [0.5, 0.6) is 0 Å². The molecule has 2 aromatic heterocycles. The largest absolute Gasteiger partial charge is 0.461 e. The molecule has 2 aromatic rings. The first-order valence-electron chi connectivity index (χ1n) is 9.27. The molecule has 0 aliphatic heterocycles. The molecule has 3 rings (SSSR count). The summed E-state index contributed by atoms with van der Waals surface area (Å²) >= 11 is 2.69. The van der Waals surface area contributed by atoms with Gasteiger partial charge in [0.15, 0.2) is 10.8 Å². The number of aryl methyl sites for hydroxylation is 3. The van der Waals surface area contributed by atoms with E-state index >= 15 is 0 Å². The van der Waals surface area contributed by atoms with Gasteiger partial charge in [-0.3, -0.25) is 4.79 Å². The maximum Gasteiger partial charge on any atom is 0.358 e. The number of carbonyl (C=O) groups is 2. The van der Waals surface area contributed by atoms with Crippen LogP contribution in [0.25, 0.3) is 0 Å². The number of hydrogen-bond donors (Lipinski definition) is 1. The molecule has 0 saturated heterocycles. The molecule has 0 radical (unpaired) electrons. The van der Waals surface area contributed by atoms with Gasteiger partial charge >= 0.3 is 5.97 Å². The fourth-order valence-corrected chi connectivity index (χ4v) is 4.62. The molecule has 0 saturated carbocycles. The van der Waals surface area contributed by atoms with E-state index in [9.17, 15) is 9.59 Å². The molecule has 0 atom stereocenters. The Labute approximate surface area is 172 Å². The van der Waals surface area contributed by atoms with Crippen LogP contribution in [0.15, 0.2) is 5.03 Å². The van der Waals surface area contributed by atoms with Crippen LogP contribution < -0.4 is 5.32 Å². The minimum Gasteiger partial charge on any atom is -0.461 e. The van der Waals surface area contributed by atoms with Gasteiger partial charge in [-0.1, -0.05) is 25.6 Å². The van der Waals surface area contributed by atoms with Crippen molar-refractivity contribution < 1.29 is 14.3 Å². The fourth-order valence-electron chi connectivity index (χ4n) is 2.87. The van der Waals surface area contributed by atoms with E-state index in [1.807, 2.05) is 20.8 Å². The van der Waals surface area contributed by atoms with Gasteiger partial charge in [-0.05, 0) is 39.0 Å². The number of esters is 1.